The fraction of sp³-hybridized carbons (Fsp3) is 0.0390. The molecule has 1 aliphatic rings. The highest BCUT2D eigenvalue weighted by atomic mass is 15.2. The molecule has 0 fully saturated rings. The maximum atomic E-state index is 2.40. The summed E-state index contributed by atoms with van der Waals surface area (Å²) in [7, 11) is 0. The molecule has 0 aromatic heterocycles. The largest absolute Gasteiger partial charge is 0.311 e. The Hall–Kier alpha value is -10.4. The van der Waals surface area contributed by atoms with E-state index in [1.807, 2.05) is 0 Å². The SMILES string of the molecule is CC1(C)c2ccccc2-c2ccc(N(c3ccccc3)c3ccc(-c4ccc(N(c5ccc(N(c6ccc(N(c7ccccc7)c7ccccc7)cc6)c6cccc7ccccc67)cc5)c5cccc6ccccc56)cc4)cc3)cc21. The molecule has 0 atom stereocenters. The summed E-state index contributed by atoms with van der Waals surface area (Å²) < 4.78 is 0. The van der Waals surface area contributed by atoms with E-state index in [9.17, 15) is 0 Å². The van der Waals surface area contributed by atoms with E-state index in [1.54, 1.807) is 0 Å². The van der Waals surface area contributed by atoms with Crippen molar-refractivity contribution in [3.63, 3.8) is 0 Å². The van der Waals surface area contributed by atoms with Gasteiger partial charge in [-0.05, 0) is 178 Å². The maximum absolute atomic E-state index is 2.40. The minimum Gasteiger partial charge on any atom is -0.311 e. The molecule has 14 rings (SSSR count). The van der Waals surface area contributed by atoms with Crippen LogP contribution in [0, 0.1) is 0 Å². The van der Waals surface area contributed by atoms with Gasteiger partial charge in [-0.3, -0.25) is 0 Å². The predicted molar refractivity (Wildman–Crippen MR) is 343 cm³/mol. The normalized spacial score (nSPS) is 12.2. The van der Waals surface area contributed by atoms with Crippen molar-refractivity contribution in [1.29, 1.82) is 0 Å². The Morgan fingerprint density at radius 1 is 0.222 bits per heavy atom. The van der Waals surface area contributed by atoms with Crippen molar-refractivity contribution in [3.05, 3.63) is 327 Å². The molecule has 13 aromatic rings. The fourth-order valence-corrected chi connectivity index (χ4v) is 12.2. The van der Waals surface area contributed by atoms with E-state index in [-0.39, 0.29) is 5.41 Å². The molecule has 386 valence electrons. The highest BCUT2D eigenvalue weighted by Gasteiger charge is 2.36. The van der Waals surface area contributed by atoms with E-state index < -0.39 is 0 Å². The molecule has 4 nitrogen and oxygen atoms in total. The van der Waals surface area contributed by atoms with Crippen LogP contribution in [0.5, 0.6) is 0 Å². The lowest BCUT2D eigenvalue weighted by molar-refractivity contribution is 0.660. The number of nitrogens with zero attached hydrogens (tertiary/aromatic N) is 4. The molecule has 0 radical (unpaired) electrons. The average molecular weight is 1040 g/mol. The number of hydrogen-bond donors (Lipinski definition) is 0. The van der Waals surface area contributed by atoms with Gasteiger partial charge in [0.05, 0.1) is 11.4 Å². The summed E-state index contributed by atoms with van der Waals surface area (Å²) in [4.78, 5) is 9.47. The van der Waals surface area contributed by atoms with Crippen molar-refractivity contribution in [2.24, 2.45) is 0 Å². The van der Waals surface area contributed by atoms with Gasteiger partial charge in [-0.2, -0.15) is 0 Å². The Balaban J connectivity index is 0.813. The first-order valence-corrected chi connectivity index (χ1v) is 27.9. The van der Waals surface area contributed by atoms with Crippen LogP contribution in [0.2, 0.25) is 0 Å². The first kappa shape index (κ1) is 48.9. The number of para-hydroxylation sites is 3. The first-order chi connectivity index (χ1) is 39.9. The molecule has 13 aromatic carbocycles. The van der Waals surface area contributed by atoms with E-state index in [1.165, 1.54) is 43.8 Å². The zero-order valence-electron chi connectivity index (χ0n) is 45.3. The number of hydrogen-bond acceptors (Lipinski definition) is 4. The average Bonchev–Trinajstić information content (AvgIpc) is 4.06. The third-order valence-corrected chi connectivity index (χ3v) is 16.2. The highest BCUT2D eigenvalue weighted by molar-refractivity contribution is 6.01. The zero-order valence-corrected chi connectivity index (χ0v) is 45.3. The molecule has 4 heteroatoms. The van der Waals surface area contributed by atoms with Crippen LogP contribution in [0.3, 0.4) is 0 Å². The van der Waals surface area contributed by atoms with Crippen LogP contribution in [0.4, 0.5) is 68.2 Å². The third-order valence-electron chi connectivity index (χ3n) is 16.2. The number of fused-ring (bicyclic) bond motifs is 5. The second-order valence-electron chi connectivity index (χ2n) is 21.4. The summed E-state index contributed by atoms with van der Waals surface area (Å²) in [5, 5.41) is 4.74. The minimum absolute atomic E-state index is 0.101. The second-order valence-corrected chi connectivity index (χ2v) is 21.4. The van der Waals surface area contributed by atoms with Crippen LogP contribution in [0.15, 0.2) is 315 Å². The number of rotatable bonds is 13. The lowest BCUT2D eigenvalue weighted by Crippen LogP contribution is -2.16. The molecule has 0 N–H and O–H groups in total. The van der Waals surface area contributed by atoms with Gasteiger partial charge < -0.3 is 19.6 Å². The standard InChI is InChI=1S/C77H58N4/c1-77(2)73-33-17-16-32-71(73)72-53-52-68(54-74(72)77)79(61-28-10-5-11-29-61)62-40-36-55(37-41-62)56-38-42-64(43-39-56)80(75-34-18-22-57-20-12-14-30-69(57)75)66-48-50-67(51-49-66)81(76-35-19-23-58-21-13-15-31-70(58)76)65-46-44-63(45-47-65)78(59-24-6-3-7-25-59)60-26-8-4-9-27-60/h3-54H,1-2H3. The Bertz CT molecular complexity index is 4300. The smallest absolute Gasteiger partial charge is 0.0540 e. The molecule has 0 saturated carbocycles. The lowest BCUT2D eigenvalue weighted by Gasteiger charge is -2.30. The molecule has 0 amide bonds. The van der Waals surface area contributed by atoms with Crippen LogP contribution in [0.1, 0.15) is 25.0 Å². The van der Waals surface area contributed by atoms with Gasteiger partial charge in [0, 0.05) is 73.1 Å². The van der Waals surface area contributed by atoms with Gasteiger partial charge in [0.1, 0.15) is 0 Å². The van der Waals surface area contributed by atoms with Gasteiger partial charge in [0.2, 0.25) is 0 Å². The summed E-state index contributed by atoms with van der Waals surface area (Å²) >= 11 is 0. The molecule has 0 unspecified atom stereocenters. The van der Waals surface area contributed by atoms with E-state index in [0.29, 0.717) is 0 Å². The van der Waals surface area contributed by atoms with Gasteiger partial charge in [0.15, 0.2) is 0 Å². The van der Waals surface area contributed by atoms with Crippen molar-refractivity contribution in [1.82, 2.24) is 0 Å². The summed E-state index contributed by atoms with van der Waals surface area (Å²) in [6, 6.07) is 114. The van der Waals surface area contributed by atoms with Crippen molar-refractivity contribution in [3.8, 4) is 22.3 Å². The molecule has 0 heterocycles. The monoisotopic (exact) mass is 1040 g/mol. The highest BCUT2D eigenvalue weighted by Crippen LogP contribution is 2.51. The second kappa shape index (κ2) is 20.8. The van der Waals surface area contributed by atoms with E-state index in [0.717, 1.165) is 79.4 Å². The molecule has 0 spiro atoms. The molecule has 0 saturated heterocycles. The van der Waals surface area contributed by atoms with Crippen molar-refractivity contribution in [2.75, 3.05) is 19.6 Å². The molecule has 81 heavy (non-hydrogen) atoms. The summed E-state index contributed by atoms with van der Waals surface area (Å²) in [6.07, 6.45) is 0. The summed E-state index contributed by atoms with van der Waals surface area (Å²) in [6.45, 7) is 4.70. The van der Waals surface area contributed by atoms with Crippen LogP contribution in [0.25, 0.3) is 43.8 Å². The predicted octanol–water partition coefficient (Wildman–Crippen LogP) is 21.8. The van der Waals surface area contributed by atoms with E-state index >= 15 is 0 Å². The van der Waals surface area contributed by atoms with Gasteiger partial charge in [-0.15, -0.1) is 0 Å². The van der Waals surface area contributed by atoms with E-state index in [4.69, 9.17) is 0 Å². The van der Waals surface area contributed by atoms with Gasteiger partial charge >= 0.3 is 0 Å². The molecule has 0 aliphatic heterocycles. The van der Waals surface area contributed by atoms with Gasteiger partial charge in [-0.1, -0.05) is 196 Å². The summed E-state index contributed by atoms with van der Waals surface area (Å²) in [5.74, 6) is 0. The van der Waals surface area contributed by atoms with Crippen molar-refractivity contribution < 1.29 is 0 Å². The Kier molecular flexibility index (Phi) is 12.5. The topological polar surface area (TPSA) is 13.0 Å². The van der Waals surface area contributed by atoms with Crippen molar-refractivity contribution in [2.45, 2.75) is 19.3 Å². The lowest BCUT2D eigenvalue weighted by atomic mass is 9.82. The van der Waals surface area contributed by atoms with Crippen LogP contribution in [-0.4, -0.2) is 0 Å². The zero-order chi connectivity index (χ0) is 54.3. The summed E-state index contributed by atoms with van der Waals surface area (Å²) in [5.41, 5.74) is 20.7. The number of benzene rings is 13. The quantitative estimate of drug-likeness (QED) is 0.114. The van der Waals surface area contributed by atoms with Crippen LogP contribution < -0.4 is 19.6 Å². The molecular weight excluding hydrogens is 981 g/mol. The molecule has 1 aliphatic carbocycles. The Labute approximate surface area is 474 Å². The Morgan fingerprint density at radius 2 is 0.531 bits per heavy atom. The maximum Gasteiger partial charge on any atom is 0.0540 e. The van der Waals surface area contributed by atoms with E-state index in [2.05, 4.69) is 349 Å². The number of anilines is 12. The van der Waals surface area contributed by atoms with Crippen molar-refractivity contribution >= 4 is 89.8 Å². The van der Waals surface area contributed by atoms with Gasteiger partial charge in [0.25, 0.3) is 0 Å². The molecule has 0 bridgehead atoms. The third kappa shape index (κ3) is 9.03. The first-order valence-electron chi connectivity index (χ1n) is 27.9. The Morgan fingerprint density at radius 3 is 0.975 bits per heavy atom. The minimum atomic E-state index is -0.101. The van der Waals surface area contributed by atoms with Crippen LogP contribution >= 0.6 is 0 Å². The molecular formula is C77H58N4. The van der Waals surface area contributed by atoms with Crippen LogP contribution in [-0.2, 0) is 5.41 Å². The van der Waals surface area contributed by atoms with Gasteiger partial charge in [-0.25, -0.2) is 0 Å². The fourth-order valence-electron chi connectivity index (χ4n) is 12.2.